The molecule has 23 heavy (non-hydrogen) atoms. The molecule has 0 saturated heterocycles. The van der Waals surface area contributed by atoms with Gasteiger partial charge >= 0.3 is 6.09 Å². The van der Waals surface area contributed by atoms with Gasteiger partial charge in [-0.2, -0.15) is 0 Å². The molecule has 128 valence electrons. The van der Waals surface area contributed by atoms with Gasteiger partial charge in [0.25, 0.3) is 0 Å². The molecule has 1 aromatic rings. The van der Waals surface area contributed by atoms with Crippen molar-refractivity contribution in [1.29, 1.82) is 0 Å². The van der Waals surface area contributed by atoms with Gasteiger partial charge in [0.1, 0.15) is 11.4 Å². The van der Waals surface area contributed by atoms with Crippen molar-refractivity contribution >= 4 is 27.7 Å². The molecule has 0 heterocycles. The topological polar surface area (TPSA) is 59.6 Å². The Balaban J connectivity index is 1.79. The van der Waals surface area contributed by atoms with E-state index in [1.165, 1.54) is 0 Å². The fourth-order valence-electron chi connectivity index (χ4n) is 2.46. The Bertz CT molecular complexity index is 551. The lowest BCUT2D eigenvalue weighted by atomic mass is 9.86. The van der Waals surface area contributed by atoms with Crippen LogP contribution in [0.2, 0.25) is 0 Å². The average molecular weight is 385 g/mol. The maximum absolute atomic E-state index is 11.7. The molecule has 2 rings (SSSR count). The molecular weight excluding hydrogens is 360 g/mol. The van der Waals surface area contributed by atoms with Crippen LogP contribution in [0, 0.1) is 0 Å². The molecule has 1 saturated carbocycles. The van der Waals surface area contributed by atoms with Crippen molar-refractivity contribution in [2.75, 3.05) is 11.9 Å². The highest BCUT2D eigenvalue weighted by Crippen LogP contribution is 2.29. The van der Waals surface area contributed by atoms with E-state index in [9.17, 15) is 4.79 Å². The van der Waals surface area contributed by atoms with Crippen LogP contribution < -0.4 is 15.4 Å². The van der Waals surface area contributed by atoms with Crippen molar-refractivity contribution in [3.8, 4) is 5.75 Å². The summed E-state index contributed by atoms with van der Waals surface area (Å²) in [5.74, 6) is 0.840. The van der Waals surface area contributed by atoms with Crippen LogP contribution in [0.5, 0.6) is 5.75 Å². The summed E-state index contributed by atoms with van der Waals surface area (Å²) in [7, 11) is 0. The van der Waals surface area contributed by atoms with E-state index in [1.54, 1.807) is 0 Å². The van der Waals surface area contributed by atoms with Crippen molar-refractivity contribution in [1.82, 2.24) is 5.32 Å². The number of ether oxygens (including phenoxy) is 2. The summed E-state index contributed by atoms with van der Waals surface area (Å²) in [5.41, 5.74) is 0.556. The minimum Gasteiger partial charge on any atom is -0.494 e. The third-order valence-corrected chi connectivity index (χ3v) is 3.87. The standard InChI is InChI=1S/C17H25BrN2O3/c1-5-22-15-7-11(18)6-12(10-15)19-13-8-14(9-13)20-16(21)23-17(2,3)4/h6-7,10,13-14,19H,5,8-9H2,1-4H3,(H,20,21). The van der Waals surface area contributed by atoms with Crippen LogP contribution in [0.15, 0.2) is 22.7 Å². The Kier molecular flexibility index (Phi) is 5.79. The predicted octanol–water partition coefficient (Wildman–Crippen LogP) is 4.32. The second-order valence-electron chi connectivity index (χ2n) is 6.76. The number of nitrogens with one attached hydrogen (secondary N) is 2. The summed E-state index contributed by atoms with van der Waals surface area (Å²) >= 11 is 3.49. The van der Waals surface area contributed by atoms with Gasteiger partial charge in [0.05, 0.1) is 6.61 Å². The number of halogens is 1. The molecule has 0 unspecified atom stereocenters. The van der Waals surface area contributed by atoms with Crippen molar-refractivity contribution in [3.05, 3.63) is 22.7 Å². The van der Waals surface area contributed by atoms with Crippen molar-refractivity contribution in [3.63, 3.8) is 0 Å². The van der Waals surface area contributed by atoms with E-state index in [-0.39, 0.29) is 12.1 Å². The Labute approximate surface area is 146 Å². The lowest BCUT2D eigenvalue weighted by molar-refractivity contribution is 0.0475. The van der Waals surface area contributed by atoms with E-state index in [4.69, 9.17) is 9.47 Å². The maximum atomic E-state index is 11.7. The third kappa shape index (κ3) is 5.94. The lowest BCUT2D eigenvalue weighted by Gasteiger charge is -2.37. The molecule has 0 radical (unpaired) electrons. The average Bonchev–Trinajstić information content (AvgIpc) is 2.33. The number of hydrogen-bond acceptors (Lipinski definition) is 4. The molecule has 1 amide bonds. The lowest BCUT2D eigenvalue weighted by Crippen LogP contribution is -2.50. The van der Waals surface area contributed by atoms with Gasteiger partial charge in [-0.05, 0) is 52.7 Å². The van der Waals surface area contributed by atoms with Crippen LogP contribution in [-0.4, -0.2) is 30.4 Å². The van der Waals surface area contributed by atoms with E-state index >= 15 is 0 Å². The highest BCUT2D eigenvalue weighted by molar-refractivity contribution is 9.10. The van der Waals surface area contributed by atoms with Crippen LogP contribution in [0.3, 0.4) is 0 Å². The first-order valence-electron chi connectivity index (χ1n) is 7.94. The molecule has 1 fully saturated rings. The van der Waals surface area contributed by atoms with Crippen molar-refractivity contribution < 1.29 is 14.3 Å². The number of alkyl carbamates (subject to hydrolysis) is 1. The molecule has 0 aliphatic heterocycles. The Morgan fingerprint density at radius 3 is 2.57 bits per heavy atom. The van der Waals surface area contributed by atoms with E-state index in [0.29, 0.717) is 12.6 Å². The van der Waals surface area contributed by atoms with Crippen LogP contribution in [0.4, 0.5) is 10.5 Å². The van der Waals surface area contributed by atoms with Crippen LogP contribution in [0.25, 0.3) is 0 Å². The van der Waals surface area contributed by atoms with Crippen LogP contribution in [0.1, 0.15) is 40.5 Å². The smallest absolute Gasteiger partial charge is 0.407 e. The molecule has 1 aliphatic carbocycles. The number of carbonyl (C=O) groups is 1. The normalized spacial score (nSPS) is 20.4. The molecule has 0 spiro atoms. The number of carbonyl (C=O) groups excluding carboxylic acids is 1. The summed E-state index contributed by atoms with van der Waals surface area (Å²) in [6, 6.07) is 6.47. The second-order valence-corrected chi connectivity index (χ2v) is 7.68. The molecule has 2 N–H and O–H groups in total. The Morgan fingerprint density at radius 1 is 1.26 bits per heavy atom. The van der Waals surface area contributed by atoms with E-state index < -0.39 is 5.60 Å². The first kappa shape index (κ1) is 17.9. The first-order chi connectivity index (χ1) is 10.7. The van der Waals surface area contributed by atoms with Gasteiger partial charge in [-0.25, -0.2) is 4.79 Å². The number of amides is 1. The number of hydrogen-bond donors (Lipinski definition) is 2. The zero-order valence-corrected chi connectivity index (χ0v) is 15.7. The second kappa shape index (κ2) is 7.43. The summed E-state index contributed by atoms with van der Waals surface area (Å²) < 4.78 is 11.8. The fraction of sp³-hybridized carbons (Fsp3) is 0.588. The van der Waals surface area contributed by atoms with Gasteiger partial charge in [-0.3, -0.25) is 0 Å². The van der Waals surface area contributed by atoms with Gasteiger partial charge in [0.2, 0.25) is 0 Å². The van der Waals surface area contributed by atoms with Crippen molar-refractivity contribution in [2.45, 2.75) is 58.2 Å². The highest BCUT2D eigenvalue weighted by Gasteiger charge is 2.31. The largest absolute Gasteiger partial charge is 0.494 e. The third-order valence-electron chi connectivity index (χ3n) is 3.41. The Morgan fingerprint density at radius 2 is 1.96 bits per heavy atom. The highest BCUT2D eigenvalue weighted by atomic mass is 79.9. The SMILES string of the molecule is CCOc1cc(Br)cc(NC2CC(NC(=O)OC(C)(C)C)C2)c1. The minimum absolute atomic E-state index is 0.167. The zero-order chi connectivity index (χ0) is 17.0. The molecule has 0 aromatic heterocycles. The van der Waals surface area contributed by atoms with Gasteiger partial charge in [0.15, 0.2) is 0 Å². The summed E-state index contributed by atoms with van der Waals surface area (Å²) in [6.07, 6.45) is 1.42. The van der Waals surface area contributed by atoms with Gasteiger partial charge in [-0.1, -0.05) is 15.9 Å². The van der Waals surface area contributed by atoms with Crippen LogP contribution in [-0.2, 0) is 4.74 Å². The van der Waals surface area contributed by atoms with Gasteiger partial charge in [-0.15, -0.1) is 0 Å². The van der Waals surface area contributed by atoms with E-state index in [1.807, 2.05) is 45.9 Å². The van der Waals surface area contributed by atoms with Crippen molar-refractivity contribution in [2.24, 2.45) is 0 Å². The molecular formula is C17H25BrN2O3. The molecule has 0 bridgehead atoms. The predicted molar refractivity (Wildman–Crippen MR) is 95.1 cm³/mol. The van der Waals surface area contributed by atoms with E-state index in [2.05, 4.69) is 26.6 Å². The number of benzene rings is 1. The first-order valence-corrected chi connectivity index (χ1v) is 8.74. The number of rotatable bonds is 5. The summed E-state index contributed by atoms with van der Waals surface area (Å²) in [5, 5.41) is 6.36. The monoisotopic (exact) mass is 384 g/mol. The molecule has 6 heteroatoms. The molecule has 0 atom stereocenters. The molecule has 1 aromatic carbocycles. The van der Waals surface area contributed by atoms with E-state index in [0.717, 1.165) is 28.8 Å². The Hall–Kier alpha value is -1.43. The van der Waals surface area contributed by atoms with Gasteiger partial charge in [0, 0.05) is 28.3 Å². The molecule has 5 nitrogen and oxygen atoms in total. The fourth-order valence-corrected chi connectivity index (χ4v) is 2.93. The van der Waals surface area contributed by atoms with Gasteiger partial charge < -0.3 is 20.1 Å². The quantitative estimate of drug-likeness (QED) is 0.793. The summed E-state index contributed by atoms with van der Waals surface area (Å²) in [4.78, 5) is 11.7. The molecule has 1 aliphatic rings. The maximum Gasteiger partial charge on any atom is 0.407 e. The summed E-state index contributed by atoms with van der Waals surface area (Å²) in [6.45, 7) is 8.19. The zero-order valence-electron chi connectivity index (χ0n) is 14.1. The number of anilines is 1. The minimum atomic E-state index is -0.461. The van der Waals surface area contributed by atoms with Crippen LogP contribution >= 0.6 is 15.9 Å².